The summed E-state index contributed by atoms with van der Waals surface area (Å²) in [6.45, 7) is 3.86. The number of Topliss-reactive ketones (excluding diaryl/α,β-unsaturated/α-hetero) is 1. The van der Waals surface area contributed by atoms with Crippen molar-refractivity contribution in [2.24, 2.45) is 5.92 Å². The Balaban J connectivity index is 1.58. The third-order valence-electron chi connectivity index (χ3n) is 6.06. The van der Waals surface area contributed by atoms with Crippen molar-refractivity contribution in [3.8, 4) is 0 Å². The minimum Gasteiger partial charge on any atom is -0.308 e. The summed E-state index contributed by atoms with van der Waals surface area (Å²) in [6, 6.07) is 12.5. The predicted molar refractivity (Wildman–Crippen MR) is 124 cm³/mol. The zero-order valence-corrected chi connectivity index (χ0v) is 19.7. The smallest absolute Gasteiger partial charge is 0.243 e. The molecule has 2 aromatic rings. The molecule has 1 saturated heterocycles. The molecule has 0 radical (unpaired) electrons. The van der Waals surface area contributed by atoms with E-state index in [1.807, 2.05) is 19.0 Å². The number of hydrogen-bond donors (Lipinski definition) is 1. The van der Waals surface area contributed by atoms with Gasteiger partial charge in [-0.3, -0.25) is 4.79 Å². The van der Waals surface area contributed by atoms with Crippen LogP contribution < -0.4 is 5.32 Å². The second kappa shape index (κ2) is 10.7. The first kappa shape index (κ1) is 24.5. The lowest BCUT2D eigenvalue weighted by Crippen LogP contribution is -2.37. The molecule has 8 heteroatoms. The van der Waals surface area contributed by atoms with Crippen molar-refractivity contribution < 1.29 is 17.6 Å². The Morgan fingerprint density at radius 1 is 1.09 bits per heavy atom. The van der Waals surface area contributed by atoms with Crippen LogP contribution in [0.3, 0.4) is 0 Å². The van der Waals surface area contributed by atoms with Crippen LogP contribution in [0.25, 0.3) is 0 Å². The van der Waals surface area contributed by atoms with Gasteiger partial charge < -0.3 is 10.2 Å². The van der Waals surface area contributed by atoms with E-state index in [4.69, 9.17) is 0 Å². The quantitative estimate of drug-likeness (QED) is 0.580. The molecule has 1 N–H and O–H groups in total. The van der Waals surface area contributed by atoms with Crippen LogP contribution in [0, 0.1) is 11.7 Å². The Bertz CT molecular complexity index is 1000. The number of nitrogens with zero attached hydrogens (tertiary/aromatic N) is 2. The van der Waals surface area contributed by atoms with Crippen LogP contribution in [-0.2, 0) is 10.0 Å². The molecule has 1 fully saturated rings. The van der Waals surface area contributed by atoms with Gasteiger partial charge in [0.1, 0.15) is 5.82 Å². The number of carbonyl (C=O) groups is 1. The number of hydrogen-bond acceptors (Lipinski definition) is 5. The molecule has 0 aromatic heterocycles. The molecule has 32 heavy (non-hydrogen) atoms. The summed E-state index contributed by atoms with van der Waals surface area (Å²) in [5.74, 6) is 0.149. The van der Waals surface area contributed by atoms with Gasteiger partial charge in [0.2, 0.25) is 10.0 Å². The van der Waals surface area contributed by atoms with Crippen LogP contribution >= 0.6 is 0 Å². The average molecular weight is 462 g/mol. The summed E-state index contributed by atoms with van der Waals surface area (Å²) in [5, 5.41) is 3.17. The number of ketones is 1. The van der Waals surface area contributed by atoms with E-state index in [1.165, 1.54) is 28.6 Å². The third kappa shape index (κ3) is 6.01. The van der Waals surface area contributed by atoms with Crippen LogP contribution in [0.5, 0.6) is 0 Å². The highest BCUT2D eigenvalue weighted by Gasteiger charge is 2.28. The SMILES string of the molecule is CC1CCN(S(=O)(=O)c2ccc(C(=O)CNCC(c3ccc(F)cc3)N(C)C)cc2)CC1. The zero-order chi connectivity index (χ0) is 23.3. The summed E-state index contributed by atoms with van der Waals surface area (Å²) in [5.41, 5.74) is 1.42. The largest absolute Gasteiger partial charge is 0.308 e. The fourth-order valence-electron chi connectivity index (χ4n) is 3.90. The maximum atomic E-state index is 13.2. The minimum atomic E-state index is -3.53. The lowest BCUT2D eigenvalue weighted by atomic mass is 10.0. The van der Waals surface area contributed by atoms with Gasteiger partial charge in [0.25, 0.3) is 0 Å². The normalized spacial score (nSPS) is 16.9. The minimum absolute atomic E-state index is 0.0109. The van der Waals surface area contributed by atoms with E-state index in [9.17, 15) is 17.6 Å². The molecule has 1 atom stereocenters. The van der Waals surface area contributed by atoms with Crippen molar-refractivity contribution >= 4 is 15.8 Å². The Morgan fingerprint density at radius 2 is 1.69 bits per heavy atom. The van der Waals surface area contributed by atoms with E-state index in [1.54, 1.807) is 24.3 Å². The van der Waals surface area contributed by atoms with Gasteiger partial charge in [-0.1, -0.05) is 31.2 Å². The molecule has 0 spiro atoms. The molecule has 2 aromatic carbocycles. The third-order valence-corrected chi connectivity index (χ3v) is 7.97. The highest BCUT2D eigenvalue weighted by Crippen LogP contribution is 2.24. The average Bonchev–Trinajstić information content (AvgIpc) is 2.77. The summed E-state index contributed by atoms with van der Waals surface area (Å²) >= 11 is 0. The fraction of sp³-hybridized carbons (Fsp3) is 0.458. The van der Waals surface area contributed by atoms with E-state index in [0.717, 1.165) is 18.4 Å². The number of likely N-dealkylation sites (N-methyl/N-ethyl adjacent to an activating group) is 1. The van der Waals surface area contributed by atoms with E-state index < -0.39 is 10.0 Å². The molecule has 1 aliphatic rings. The first-order chi connectivity index (χ1) is 15.2. The van der Waals surface area contributed by atoms with Gasteiger partial charge in [-0.05, 0) is 62.7 Å². The first-order valence-corrected chi connectivity index (χ1v) is 12.4. The Kier molecular flexibility index (Phi) is 8.16. The number of benzene rings is 2. The van der Waals surface area contributed by atoms with Gasteiger partial charge in [0, 0.05) is 31.2 Å². The molecule has 0 amide bonds. The molecular weight excluding hydrogens is 429 g/mol. The topological polar surface area (TPSA) is 69.7 Å². The van der Waals surface area contributed by atoms with Crippen LogP contribution in [0.2, 0.25) is 0 Å². The maximum absolute atomic E-state index is 13.2. The highest BCUT2D eigenvalue weighted by atomic mass is 32.2. The number of carbonyl (C=O) groups excluding carboxylic acids is 1. The van der Waals surface area contributed by atoms with Gasteiger partial charge in [0.15, 0.2) is 5.78 Å². The van der Waals surface area contributed by atoms with Gasteiger partial charge >= 0.3 is 0 Å². The van der Waals surface area contributed by atoms with Crippen LogP contribution in [0.1, 0.15) is 41.7 Å². The molecular formula is C24H32FN3O3S. The summed E-state index contributed by atoms with van der Waals surface area (Å²) in [7, 11) is 0.335. The van der Waals surface area contributed by atoms with Crippen LogP contribution in [0.15, 0.2) is 53.4 Å². The number of piperidine rings is 1. The fourth-order valence-corrected chi connectivity index (χ4v) is 5.36. The molecule has 1 unspecified atom stereocenters. The maximum Gasteiger partial charge on any atom is 0.243 e. The van der Waals surface area contributed by atoms with Gasteiger partial charge in [-0.25, -0.2) is 12.8 Å². The number of sulfonamides is 1. The standard InChI is InChI=1S/C24H32FN3O3S/c1-18-12-14-28(15-13-18)32(30,31)22-10-6-20(7-11-22)24(29)17-26-16-23(27(2)3)19-4-8-21(25)9-5-19/h4-11,18,23,26H,12-17H2,1-3H3. The van der Waals surface area contributed by atoms with Crippen molar-refractivity contribution in [3.05, 3.63) is 65.5 Å². The highest BCUT2D eigenvalue weighted by molar-refractivity contribution is 7.89. The lowest BCUT2D eigenvalue weighted by Gasteiger charge is -2.29. The second-order valence-electron chi connectivity index (χ2n) is 8.70. The van der Waals surface area contributed by atoms with E-state index in [2.05, 4.69) is 12.2 Å². The van der Waals surface area contributed by atoms with E-state index >= 15 is 0 Å². The molecule has 3 rings (SSSR count). The predicted octanol–water partition coefficient (Wildman–Crippen LogP) is 3.32. The number of halogens is 1. The summed E-state index contributed by atoms with van der Waals surface area (Å²) < 4.78 is 40.4. The van der Waals surface area contributed by atoms with E-state index in [0.29, 0.717) is 31.1 Å². The van der Waals surface area contributed by atoms with Crippen LogP contribution in [-0.4, -0.2) is 63.7 Å². The molecule has 6 nitrogen and oxygen atoms in total. The van der Waals surface area contributed by atoms with Crippen molar-refractivity contribution in [1.29, 1.82) is 0 Å². The van der Waals surface area contributed by atoms with Gasteiger partial charge in [-0.2, -0.15) is 4.31 Å². The van der Waals surface area contributed by atoms with Crippen molar-refractivity contribution in [2.45, 2.75) is 30.7 Å². The molecule has 174 valence electrons. The Labute approximate surface area is 190 Å². The Morgan fingerprint density at radius 3 is 2.25 bits per heavy atom. The molecule has 0 bridgehead atoms. The molecule has 0 aliphatic carbocycles. The lowest BCUT2D eigenvalue weighted by molar-refractivity contribution is 0.0988. The zero-order valence-electron chi connectivity index (χ0n) is 18.9. The first-order valence-electron chi connectivity index (χ1n) is 10.9. The monoisotopic (exact) mass is 461 g/mol. The Hall–Kier alpha value is -2.13. The van der Waals surface area contributed by atoms with Gasteiger partial charge in [0.05, 0.1) is 11.4 Å². The van der Waals surface area contributed by atoms with Crippen molar-refractivity contribution in [2.75, 3.05) is 40.3 Å². The number of nitrogens with one attached hydrogen (secondary N) is 1. The molecule has 1 aliphatic heterocycles. The van der Waals surface area contributed by atoms with Crippen molar-refractivity contribution in [1.82, 2.24) is 14.5 Å². The molecule has 0 saturated carbocycles. The summed E-state index contributed by atoms with van der Waals surface area (Å²) in [4.78, 5) is 14.8. The molecule has 1 heterocycles. The summed E-state index contributed by atoms with van der Waals surface area (Å²) in [6.07, 6.45) is 1.74. The van der Waals surface area contributed by atoms with E-state index in [-0.39, 0.29) is 29.1 Å². The van der Waals surface area contributed by atoms with Crippen LogP contribution in [0.4, 0.5) is 4.39 Å². The second-order valence-corrected chi connectivity index (χ2v) is 10.6. The van der Waals surface area contributed by atoms with Gasteiger partial charge in [-0.15, -0.1) is 0 Å². The van der Waals surface area contributed by atoms with Crippen molar-refractivity contribution in [3.63, 3.8) is 0 Å². The number of rotatable bonds is 9.